The molecule has 0 fully saturated rings. The van der Waals surface area contributed by atoms with Crippen molar-refractivity contribution in [1.29, 1.82) is 0 Å². The first-order valence-electron chi connectivity index (χ1n) is 5.56. The second-order valence-electron chi connectivity index (χ2n) is 4.04. The monoisotopic (exact) mass is 334 g/mol. The number of hydrogen-bond acceptors (Lipinski definition) is 4. The fraction of sp³-hybridized carbons (Fsp3) is 0.0909. The first-order chi connectivity index (χ1) is 10.2. The van der Waals surface area contributed by atoms with Crippen LogP contribution in [0.2, 0.25) is 5.02 Å². The lowest BCUT2D eigenvalue weighted by atomic mass is 10.2. The van der Waals surface area contributed by atoms with Crippen LogP contribution < -0.4 is 5.32 Å². The highest BCUT2D eigenvalue weighted by Gasteiger charge is 2.34. The van der Waals surface area contributed by atoms with Gasteiger partial charge in [-0.25, -0.2) is 0 Å². The number of aromatic amines is 1. The van der Waals surface area contributed by atoms with Gasteiger partial charge in [0.2, 0.25) is 0 Å². The van der Waals surface area contributed by atoms with E-state index in [2.05, 4.69) is 10.4 Å². The number of alkyl halides is 3. The number of carbonyl (C=O) groups is 1. The molecule has 0 saturated heterocycles. The van der Waals surface area contributed by atoms with Crippen molar-refractivity contribution in [3.05, 3.63) is 50.8 Å². The molecule has 22 heavy (non-hydrogen) atoms. The van der Waals surface area contributed by atoms with E-state index in [1.54, 1.807) is 5.10 Å². The molecule has 2 rings (SSSR count). The Morgan fingerprint density at radius 1 is 1.36 bits per heavy atom. The van der Waals surface area contributed by atoms with Crippen molar-refractivity contribution in [3.8, 4) is 0 Å². The maximum absolute atomic E-state index is 12.4. The highest BCUT2D eigenvalue weighted by Crippen LogP contribution is 2.29. The van der Waals surface area contributed by atoms with E-state index in [9.17, 15) is 28.1 Å². The molecule has 11 heteroatoms. The first-order valence-corrected chi connectivity index (χ1v) is 5.94. The molecule has 7 nitrogen and oxygen atoms in total. The molecule has 2 N–H and O–H groups in total. The van der Waals surface area contributed by atoms with Gasteiger partial charge in [-0.05, 0) is 12.1 Å². The lowest BCUT2D eigenvalue weighted by Gasteiger charge is -2.04. The van der Waals surface area contributed by atoms with Gasteiger partial charge in [0.15, 0.2) is 5.69 Å². The van der Waals surface area contributed by atoms with Crippen LogP contribution in [0.15, 0.2) is 24.3 Å². The molecule has 0 bridgehead atoms. The van der Waals surface area contributed by atoms with E-state index >= 15 is 0 Å². The number of hydrogen-bond donors (Lipinski definition) is 2. The van der Waals surface area contributed by atoms with E-state index in [1.807, 2.05) is 0 Å². The van der Waals surface area contributed by atoms with Gasteiger partial charge in [0.1, 0.15) is 11.4 Å². The zero-order valence-corrected chi connectivity index (χ0v) is 11.2. The molecule has 1 aromatic carbocycles. The molecule has 0 radical (unpaired) electrons. The molecular weight excluding hydrogens is 329 g/mol. The number of rotatable bonds is 3. The predicted molar refractivity (Wildman–Crippen MR) is 69.6 cm³/mol. The largest absolute Gasteiger partial charge is 0.432 e. The van der Waals surface area contributed by atoms with Gasteiger partial charge in [-0.15, -0.1) is 0 Å². The maximum Gasteiger partial charge on any atom is 0.432 e. The zero-order chi connectivity index (χ0) is 16.5. The number of nitrogens with zero attached hydrogens (tertiary/aromatic N) is 2. The van der Waals surface area contributed by atoms with Crippen LogP contribution in [0, 0.1) is 10.1 Å². The summed E-state index contributed by atoms with van der Waals surface area (Å²) < 4.78 is 37.2. The summed E-state index contributed by atoms with van der Waals surface area (Å²) in [7, 11) is 0. The highest BCUT2D eigenvalue weighted by atomic mass is 35.5. The summed E-state index contributed by atoms with van der Waals surface area (Å²) in [5.74, 6) is -1.03. The van der Waals surface area contributed by atoms with Crippen LogP contribution in [0.5, 0.6) is 0 Å². The molecule has 116 valence electrons. The average Bonchev–Trinajstić information content (AvgIpc) is 2.90. The van der Waals surface area contributed by atoms with Gasteiger partial charge in [0.25, 0.3) is 11.6 Å². The number of benzene rings is 1. The van der Waals surface area contributed by atoms with Crippen LogP contribution in [0.25, 0.3) is 0 Å². The molecule has 0 aliphatic rings. The van der Waals surface area contributed by atoms with Gasteiger partial charge in [-0.2, -0.15) is 18.3 Å². The van der Waals surface area contributed by atoms with E-state index in [0.29, 0.717) is 6.07 Å². The molecule has 1 aromatic heterocycles. The van der Waals surface area contributed by atoms with E-state index in [-0.39, 0.29) is 10.7 Å². The van der Waals surface area contributed by atoms with E-state index in [4.69, 9.17) is 11.6 Å². The molecule has 0 unspecified atom stereocenters. The number of nitro benzene ring substituents is 1. The second kappa shape index (κ2) is 5.64. The van der Waals surface area contributed by atoms with Crippen LogP contribution in [-0.2, 0) is 6.18 Å². The van der Waals surface area contributed by atoms with Crippen molar-refractivity contribution in [3.63, 3.8) is 0 Å². The molecule has 0 spiro atoms. The standard InChI is InChI=1S/C11H6ClF3N4O3/c12-5-1-2-6(8(3-5)19(21)22)16-10(20)7-4-9(18-17-7)11(13,14)15/h1-4H,(H,16,20)(H,17,18). The van der Waals surface area contributed by atoms with Gasteiger partial charge < -0.3 is 5.32 Å². The molecule has 0 atom stereocenters. The summed E-state index contributed by atoms with van der Waals surface area (Å²) in [5, 5.41) is 17.9. The van der Waals surface area contributed by atoms with Crippen molar-refractivity contribution in [2.24, 2.45) is 0 Å². The Labute approximate surface area is 125 Å². The summed E-state index contributed by atoms with van der Waals surface area (Å²) in [5.41, 5.74) is -2.47. The quantitative estimate of drug-likeness (QED) is 0.664. The third-order valence-electron chi connectivity index (χ3n) is 2.52. The summed E-state index contributed by atoms with van der Waals surface area (Å²) >= 11 is 5.61. The van der Waals surface area contributed by atoms with Crippen LogP contribution >= 0.6 is 11.6 Å². The van der Waals surface area contributed by atoms with Crippen LogP contribution in [-0.4, -0.2) is 21.0 Å². The number of H-pyrrole nitrogens is 1. The van der Waals surface area contributed by atoms with Crippen LogP contribution in [0.3, 0.4) is 0 Å². The minimum absolute atomic E-state index is 0.0730. The van der Waals surface area contributed by atoms with Gasteiger partial charge >= 0.3 is 6.18 Å². The molecular formula is C11H6ClF3N4O3. The van der Waals surface area contributed by atoms with Crippen molar-refractivity contribution < 1.29 is 22.9 Å². The molecule has 1 heterocycles. The maximum atomic E-state index is 12.4. The minimum atomic E-state index is -4.68. The lowest BCUT2D eigenvalue weighted by molar-refractivity contribution is -0.383. The van der Waals surface area contributed by atoms with E-state index in [1.165, 1.54) is 6.07 Å². The number of aromatic nitrogens is 2. The SMILES string of the molecule is O=C(Nc1ccc(Cl)cc1[N+](=O)[O-])c1cc(C(F)(F)F)[nH]n1. The van der Waals surface area contributed by atoms with E-state index < -0.39 is 34.1 Å². The van der Waals surface area contributed by atoms with E-state index in [0.717, 1.165) is 12.1 Å². The topological polar surface area (TPSA) is 101 Å². The van der Waals surface area contributed by atoms with Crippen molar-refractivity contribution in [2.45, 2.75) is 6.18 Å². The minimum Gasteiger partial charge on any atom is -0.315 e. The van der Waals surface area contributed by atoms with Gasteiger partial charge in [0.05, 0.1) is 4.92 Å². The number of halogens is 4. The molecule has 2 aromatic rings. The van der Waals surface area contributed by atoms with Gasteiger partial charge in [0, 0.05) is 17.2 Å². The second-order valence-corrected chi connectivity index (χ2v) is 4.47. The number of anilines is 1. The summed E-state index contributed by atoms with van der Waals surface area (Å²) in [4.78, 5) is 21.9. The third kappa shape index (κ3) is 3.34. The Hall–Kier alpha value is -2.62. The Kier molecular flexibility index (Phi) is 4.04. The predicted octanol–water partition coefficient (Wildman–Crippen LogP) is 3.24. The fourth-order valence-electron chi connectivity index (χ4n) is 1.53. The number of nitrogens with one attached hydrogen (secondary N) is 2. The Morgan fingerprint density at radius 3 is 2.59 bits per heavy atom. The van der Waals surface area contributed by atoms with Crippen LogP contribution in [0.1, 0.15) is 16.2 Å². The van der Waals surface area contributed by atoms with Crippen molar-refractivity contribution in [2.75, 3.05) is 5.32 Å². The Balaban J connectivity index is 2.26. The summed E-state index contributed by atoms with van der Waals surface area (Å²) in [6.07, 6.45) is -4.68. The lowest BCUT2D eigenvalue weighted by Crippen LogP contribution is -2.13. The molecule has 1 amide bonds. The van der Waals surface area contributed by atoms with Gasteiger partial charge in [-0.3, -0.25) is 20.0 Å². The molecule has 0 saturated carbocycles. The highest BCUT2D eigenvalue weighted by molar-refractivity contribution is 6.31. The van der Waals surface area contributed by atoms with Crippen LogP contribution in [0.4, 0.5) is 24.5 Å². The van der Waals surface area contributed by atoms with Crippen molar-refractivity contribution >= 4 is 28.9 Å². The Morgan fingerprint density at radius 2 is 2.05 bits per heavy atom. The fourth-order valence-corrected chi connectivity index (χ4v) is 1.70. The van der Waals surface area contributed by atoms with Gasteiger partial charge in [-0.1, -0.05) is 11.6 Å². The Bertz CT molecular complexity index is 744. The normalized spacial score (nSPS) is 11.3. The van der Waals surface area contributed by atoms with Crippen molar-refractivity contribution in [1.82, 2.24) is 10.2 Å². The number of carbonyl (C=O) groups excluding carboxylic acids is 1. The summed E-state index contributed by atoms with van der Waals surface area (Å²) in [6, 6.07) is 3.95. The smallest absolute Gasteiger partial charge is 0.315 e. The zero-order valence-electron chi connectivity index (χ0n) is 10.4. The number of nitro groups is 1. The number of amides is 1. The summed E-state index contributed by atoms with van der Waals surface area (Å²) in [6.45, 7) is 0. The third-order valence-corrected chi connectivity index (χ3v) is 2.76. The average molecular weight is 335 g/mol. The molecule has 0 aliphatic heterocycles. The molecule has 0 aliphatic carbocycles. The first kappa shape index (κ1) is 15.8.